The fourth-order valence-corrected chi connectivity index (χ4v) is 7.43. The third-order valence-electron chi connectivity index (χ3n) is 9.69. The molecule has 6 aromatic carbocycles. The molecule has 9 rings (SSSR count). The van der Waals surface area contributed by atoms with Crippen molar-refractivity contribution in [1.82, 2.24) is 15.0 Å². The van der Waals surface area contributed by atoms with Crippen LogP contribution in [0.15, 0.2) is 188 Å². The van der Waals surface area contributed by atoms with Gasteiger partial charge in [-0.15, -0.1) is 0 Å². The molecule has 49 heavy (non-hydrogen) atoms. The van der Waals surface area contributed by atoms with Crippen LogP contribution in [0, 0.1) is 0 Å². The van der Waals surface area contributed by atoms with Crippen LogP contribution in [-0.2, 0) is 5.41 Å². The van der Waals surface area contributed by atoms with E-state index in [9.17, 15) is 0 Å². The Morgan fingerprint density at radius 1 is 0.367 bits per heavy atom. The molecule has 0 amide bonds. The molecule has 0 fully saturated rings. The summed E-state index contributed by atoms with van der Waals surface area (Å²) >= 11 is 0. The predicted octanol–water partition coefficient (Wildman–Crippen LogP) is 10.9. The van der Waals surface area contributed by atoms with Gasteiger partial charge >= 0.3 is 0 Å². The van der Waals surface area contributed by atoms with Crippen LogP contribution in [0.25, 0.3) is 56.2 Å². The summed E-state index contributed by atoms with van der Waals surface area (Å²) < 4.78 is 0. The van der Waals surface area contributed by atoms with E-state index in [0.717, 1.165) is 39.2 Å². The molecule has 0 spiro atoms. The molecule has 2 heterocycles. The zero-order valence-electron chi connectivity index (χ0n) is 26.7. The maximum Gasteiger partial charge on any atom is 0.160 e. The molecule has 0 N–H and O–H groups in total. The number of hydrogen-bond acceptors (Lipinski definition) is 3. The molecule has 2 aromatic heterocycles. The van der Waals surface area contributed by atoms with Crippen molar-refractivity contribution >= 4 is 0 Å². The van der Waals surface area contributed by atoms with E-state index < -0.39 is 5.41 Å². The van der Waals surface area contributed by atoms with Crippen LogP contribution in [0.4, 0.5) is 0 Å². The molecule has 0 bridgehead atoms. The highest BCUT2D eigenvalue weighted by atomic mass is 14.9. The smallest absolute Gasteiger partial charge is 0.160 e. The van der Waals surface area contributed by atoms with Crippen LogP contribution < -0.4 is 0 Å². The molecule has 3 nitrogen and oxygen atoms in total. The standard InChI is InChI=1S/C46H31N3/c1-4-13-33(14-5-1)43-30-44(49-45(48-43)34-24-22-32(23-25-34)36-15-12-28-47-31-36)35-26-27-42-40(29-35)39-20-10-11-21-41(39)46(42,37-16-6-2-7-17-37)38-18-8-3-9-19-38/h1-31H. The summed E-state index contributed by atoms with van der Waals surface area (Å²) in [5.74, 6) is 0.693. The van der Waals surface area contributed by atoms with Crippen molar-refractivity contribution in [2.45, 2.75) is 5.41 Å². The second-order valence-corrected chi connectivity index (χ2v) is 12.4. The van der Waals surface area contributed by atoms with Crippen molar-refractivity contribution in [2.24, 2.45) is 0 Å². The Kier molecular flexibility index (Phi) is 7.02. The van der Waals surface area contributed by atoms with Gasteiger partial charge in [-0.25, -0.2) is 9.97 Å². The minimum absolute atomic E-state index is 0.435. The summed E-state index contributed by atoms with van der Waals surface area (Å²) in [7, 11) is 0. The molecule has 0 atom stereocenters. The molecular weight excluding hydrogens is 595 g/mol. The highest BCUT2D eigenvalue weighted by Gasteiger charge is 2.45. The van der Waals surface area contributed by atoms with E-state index in [1.165, 1.54) is 33.4 Å². The van der Waals surface area contributed by atoms with Gasteiger partial charge < -0.3 is 0 Å². The number of pyridine rings is 1. The van der Waals surface area contributed by atoms with Gasteiger partial charge in [0.15, 0.2) is 5.82 Å². The molecule has 0 aliphatic heterocycles. The Balaban J connectivity index is 1.23. The number of fused-ring (bicyclic) bond motifs is 3. The lowest BCUT2D eigenvalue weighted by Gasteiger charge is -2.33. The summed E-state index contributed by atoms with van der Waals surface area (Å²) in [5.41, 5.74) is 14.1. The van der Waals surface area contributed by atoms with Gasteiger partial charge in [0.25, 0.3) is 0 Å². The van der Waals surface area contributed by atoms with E-state index in [1.807, 2.05) is 18.3 Å². The molecule has 1 aliphatic carbocycles. The van der Waals surface area contributed by atoms with Crippen molar-refractivity contribution in [3.05, 3.63) is 211 Å². The Morgan fingerprint density at radius 2 is 0.918 bits per heavy atom. The van der Waals surface area contributed by atoms with E-state index in [2.05, 4.69) is 169 Å². The van der Waals surface area contributed by atoms with Crippen LogP contribution in [0.2, 0.25) is 0 Å². The normalized spacial score (nSPS) is 12.7. The van der Waals surface area contributed by atoms with Gasteiger partial charge in [-0.1, -0.05) is 158 Å². The largest absolute Gasteiger partial charge is 0.264 e. The second kappa shape index (κ2) is 12.0. The van der Waals surface area contributed by atoms with Crippen LogP contribution in [0.5, 0.6) is 0 Å². The first-order chi connectivity index (χ1) is 24.3. The molecule has 3 heteroatoms. The lowest BCUT2D eigenvalue weighted by Crippen LogP contribution is -2.28. The maximum absolute atomic E-state index is 5.21. The topological polar surface area (TPSA) is 38.7 Å². The van der Waals surface area contributed by atoms with E-state index in [1.54, 1.807) is 6.20 Å². The van der Waals surface area contributed by atoms with E-state index in [-0.39, 0.29) is 0 Å². The lowest BCUT2D eigenvalue weighted by atomic mass is 9.67. The first kappa shape index (κ1) is 28.7. The quantitative estimate of drug-likeness (QED) is 0.185. The number of rotatable bonds is 6. The summed E-state index contributed by atoms with van der Waals surface area (Å²) in [6.45, 7) is 0. The van der Waals surface area contributed by atoms with E-state index >= 15 is 0 Å². The van der Waals surface area contributed by atoms with Crippen molar-refractivity contribution in [1.29, 1.82) is 0 Å². The Morgan fingerprint density at radius 3 is 1.59 bits per heavy atom. The molecule has 0 unspecified atom stereocenters. The monoisotopic (exact) mass is 625 g/mol. The third-order valence-corrected chi connectivity index (χ3v) is 9.69. The van der Waals surface area contributed by atoms with E-state index in [0.29, 0.717) is 5.82 Å². The van der Waals surface area contributed by atoms with Gasteiger partial charge in [-0.2, -0.15) is 0 Å². The summed E-state index contributed by atoms with van der Waals surface area (Å²) in [6.07, 6.45) is 3.68. The summed E-state index contributed by atoms with van der Waals surface area (Å²) in [5, 5.41) is 0. The number of hydrogen-bond donors (Lipinski definition) is 0. The Hall–Kier alpha value is -6.45. The zero-order chi connectivity index (χ0) is 32.6. The molecule has 8 aromatic rings. The van der Waals surface area contributed by atoms with Crippen molar-refractivity contribution in [2.75, 3.05) is 0 Å². The highest BCUT2D eigenvalue weighted by molar-refractivity contribution is 5.89. The zero-order valence-corrected chi connectivity index (χ0v) is 26.7. The molecule has 0 saturated heterocycles. The van der Waals surface area contributed by atoms with Gasteiger partial charge in [-0.3, -0.25) is 4.98 Å². The third kappa shape index (κ3) is 4.87. The highest BCUT2D eigenvalue weighted by Crippen LogP contribution is 2.56. The molecule has 0 radical (unpaired) electrons. The maximum atomic E-state index is 5.21. The van der Waals surface area contributed by atoms with E-state index in [4.69, 9.17) is 9.97 Å². The van der Waals surface area contributed by atoms with Crippen molar-refractivity contribution in [3.63, 3.8) is 0 Å². The average molecular weight is 626 g/mol. The fourth-order valence-electron chi connectivity index (χ4n) is 7.43. The number of nitrogens with zero attached hydrogens (tertiary/aromatic N) is 3. The fraction of sp³-hybridized carbons (Fsp3) is 0.0217. The van der Waals surface area contributed by atoms with Crippen LogP contribution in [-0.4, -0.2) is 15.0 Å². The minimum Gasteiger partial charge on any atom is -0.264 e. The van der Waals surface area contributed by atoms with Crippen LogP contribution >= 0.6 is 0 Å². The van der Waals surface area contributed by atoms with Gasteiger partial charge in [0.1, 0.15) is 0 Å². The van der Waals surface area contributed by atoms with Crippen molar-refractivity contribution in [3.8, 4) is 56.2 Å². The van der Waals surface area contributed by atoms with Crippen LogP contribution in [0.1, 0.15) is 22.3 Å². The summed E-state index contributed by atoms with van der Waals surface area (Å²) in [6, 6.07) is 62.5. The Labute approximate surface area is 286 Å². The molecular formula is C46H31N3. The van der Waals surface area contributed by atoms with Gasteiger partial charge in [0.05, 0.1) is 16.8 Å². The van der Waals surface area contributed by atoms with Gasteiger partial charge in [0.2, 0.25) is 0 Å². The SMILES string of the molecule is c1ccc(-c2cc(-c3ccc4c(c3)-c3ccccc3C4(c3ccccc3)c3ccccc3)nc(-c3ccc(-c4cccnc4)cc3)n2)cc1. The van der Waals surface area contributed by atoms with Crippen LogP contribution in [0.3, 0.4) is 0 Å². The molecule has 1 aliphatic rings. The number of aromatic nitrogens is 3. The predicted molar refractivity (Wildman–Crippen MR) is 199 cm³/mol. The molecule has 0 saturated carbocycles. The minimum atomic E-state index is -0.435. The molecule has 230 valence electrons. The van der Waals surface area contributed by atoms with Gasteiger partial charge in [0, 0.05) is 29.1 Å². The lowest BCUT2D eigenvalue weighted by molar-refractivity contribution is 0.768. The second-order valence-electron chi connectivity index (χ2n) is 12.4. The Bertz CT molecular complexity index is 2370. The van der Waals surface area contributed by atoms with Crippen molar-refractivity contribution < 1.29 is 0 Å². The first-order valence-electron chi connectivity index (χ1n) is 16.6. The van der Waals surface area contributed by atoms with Gasteiger partial charge in [-0.05, 0) is 62.7 Å². The average Bonchev–Trinajstić information content (AvgIpc) is 3.49. The first-order valence-corrected chi connectivity index (χ1v) is 16.6. The number of benzene rings is 6. The summed E-state index contributed by atoms with van der Waals surface area (Å²) in [4.78, 5) is 14.6.